The SMILES string of the molecule is COc1ccc(N2CC(C(=O)N3C4CCC3CC(n3nccn3)C4)CC2=O)cc1. The van der Waals surface area contributed by atoms with Crippen molar-refractivity contribution in [1.82, 2.24) is 19.9 Å². The van der Waals surface area contributed by atoms with Crippen LogP contribution in [0.5, 0.6) is 5.75 Å². The average Bonchev–Trinajstić information content (AvgIpc) is 3.46. The predicted molar refractivity (Wildman–Crippen MR) is 105 cm³/mol. The average molecular weight is 395 g/mol. The molecule has 5 rings (SSSR count). The molecule has 0 saturated carbocycles. The maximum atomic E-state index is 13.4. The first kappa shape index (κ1) is 18.1. The number of rotatable bonds is 4. The Morgan fingerprint density at radius 1 is 1.03 bits per heavy atom. The molecule has 3 fully saturated rings. The number of nitrogens with zero attached hydrogens (tertiary/aromatic N) is 5. The highest BCUT2D eigenvalue weighted by atomic mass is 16.5. The van der Waals surface area contributed by atoms with E-state index >= 15 is 0 Å². The van der Waals surface area contributed by atoms with Crippen molar-refractivity contribution in [3.05, 3.63) is 36.7 Å². The van der Waals surface area contributed by atoms with Gasteiger partial charge in [-0.1, -0.05) is 0 Å². The van der Waals surface area contributed by atoms with Gasteiger partial charge in [-0.25, -0.2) is 0 Å². The topological polar surface area (TPSA) is 80.6 Å². The summed E-state index contributed by atoms with van der Waals surface area (Å²) in [7, 11) is 1.62. The third-order valence-corrected chi connectivity index (χ3v) is 6.58. The minimum Gasteiger partial charge on any atom is -0.497 e. The van der Waals surface area contributed by atoms with E-state index in [1.807, 2.05) is 24.3 Å². The van der Waals surface area contributed by atoms with E-state index in [2.05, 4.69) is 15.1 Å². The minimum absolute atomic E-state index is 0.0106. The number of ether oxygens (including phenoxy) is 1. The number of carbonyl (C=O) groups is 2. The van der Waals surface area contributed by atoms with E-state index in [1.54, 1.807) is 29.2 Å². The monoisotopic (exact) mass is 395 g/mol. The second kappa shape index (κ2) is 7.17. The van der Waals surface area contributed by atoms with Gasteiger partial charge in [-0.15, -0.1) is 0 Å². The number of aromatic nitrogens is 3. The molecule has 0 spiro atoms. The van der Waals surface area contributed by atoms with E-state index in [0.29, 0.717) is 6.54 Å². The Kier molecular flexibility index (Phi) is 4.49. The Hall–Kier alpha value is -2.90. The van der Waals surface area contributed by atoms with Crippen molar-refractivity contribution in [2.45, 2.75) is 50.2 Å². The Morgan fingerprint density at radius 2 is 1.69 bits per heavy atom. The molecule has 0 radical (unpaired) electrons. The molecule has 1 aromatic heterocycles. The van der Waals surface area contributed by atoms with Gasteiger partial charge >= 0.3 is 0 Å². The van der Waals surface area contributed by atoms with Crippen LogP contribution in [0.2, 0.25) is 0 Å². The number of carbonyl (C=O) groups excluding carboxylic acids is 2. The molecule has 1 aromatic carbocycles. The van der Waals surface area contributed by atoms with E-state index in [0.717, 1.165) is 37.1 Å². The van der Waals surface area contributed by atoms with Gasteiger partial charge < -0.3 is 14.5 Å². The van der Waals surface area contributed by atoms with E-state index < -0.39 is 0 Å². The van der Waals surface area contributed by atoms with Gasteiger partial charge in [-0.2, -0.15) is 15.0 Å². The summed E-state index contributed by atoms with van der Waals surface area (Å²) in [5.41, 5.74) is 0.817. The van der Waals surface area contributed by atoms with Crippen LogP contribution in [0, 0.1) is 5.92 Å². The molecule has 29 heavy (non-hydrogen) atoms. The molecule has 2 aromatic rings. The lowest BCUT2D eigenvalue weighted by molar-refractivity contribution is -0.140. The summed E-state index contributed by atoms with van der Waals surface area (Å²) < 4.78 is 5.19. The zero-order valence-electron chi connectivity index (χ0n) is 16.5. The van der Waals surface area contributed by atoms with E-state index in [4.69, 9.17) is 4.74 Å². The standard InChI is InChI=1S/C21H25N5O3/c1-29-19-6-4-15(5-7-19)24-13-14(10-20(24)27)21(28)25-16-2-3-17(25)12-18(11-16)26-22-8-9-23-26/h4-9,14,16-18H,2-3,10-13H2,1H3. The number of methoxy groups -OCH3 is 1. The van der Waals surface area contributed by atoms with Gasteiger partial charge in [-0.3, -0.25) is 9.59 Å². The van der Waals surface area contributed by atoms with Crippen molar-refractivity contribution in [2.75, 3.05) is 18.6 Å². The molecule has 2 bridgehead atoms. The number of anilines is 1. The molecule has 3 atom stereocenters. The molecule has 0 N–H and O–H groups in total. The Morgan fingerprint density at radius 3 is 2.31 bits per heavy atom. The molecular weight excluding hydrogens is 370 g/mol. The van der Waals surface area contributed by atoms with E-state index in [9.17, 15) is 9.59 Å². The summed E-state index contributed by atoms with van der Waals surface area (Å²) in [4.78, 5) is 31.6. The first-order chi connectivity index (χ1) is 14.1. The quantitative estimate of drug-likeness (QED) is 0.791. The smallest absolute Gasteiger partial charge is 0.228 e. The molecule has 2 amide bonds. The molecule has 0 aliphatic carbocycles. The summed E-state index contributed by atoms with van der Waals surface area (Å²) in [5.74, 6) is 0.622. The summed E-state index contributed by atoms with van der Waals surface area (Å²) in [6, 6.07) is 8.13. The minimum atomic E-state index is -0.271. The molecule has 4 heterocycles. The Bertz CT molecular complexity index is 884. The first-order valence-corrected chi connectivity index (χ1v) is 10.3. The molecule has 8 nitrogen and oxygen atoms in total. The van der Waals surface area contributed by atoms with Crippen molar-refractivity contribution in [3.63, 3.8) is 0 Å². The number of hydrogen-bond acceptors (Lipinski definition) is 5. The highest BCUT2D eigenvalue weighted by Gasteiger charge is 2.47. The molecule has 3 aliphatic rings. The zero-order valence-corrected chi connectivity index (χ0v) is 16.5. The number of amides is 2. The lowest BCUT2D eigenvalue weighted by Crippen LogP contribution is -2.49. The number of hydrogen-bond donors (Lipinski definition) is 0. The van der Waals surface area contributed by atoms with Crippen LogP contribution in [0.1, 0.15) is 38.1 Å². The molecule has 152 valence electrons. The van der Waals surface area contributed by atoms with Gasteiger partial charge in [0.1, 0.15) is 5.75 Å². The van der Waals surface area contributed by atoms with Crippen LogP contribution in [0.3, 0.4) is 0 Å². The molecular formula is C21H25N5O3. The van der Waals surface area contributed by atoms with Gasteiger partial charge in [-0.05, 0) is 49.9 Å². The van der Waals surface area contributed by atoms with Crippen LogP contribution in [0.15, 0.2) is 36.7 Å². The van der Waals surface area contributed by atoms with Gasteiger partial charge in [0, 0.05) is 30.7 Å². The predicted octanol–water partition coefficient (Wildman–Crippen LogP) is 2.03. The second-order valence-electron chi connectivity index (χ2n) is 8.21. The van der Waals surface area contributed by atoms with E-state index in [-0.39, 0.29) is 42.3 Å². The maximum Gasteiger partial charge on any atom is 0.228 e. The van der Waals surface area contributed by atoms with Crippen molar-refractivity contribution >= 4 is 17.5 Å². The third kappa shape index (κ3) is 3.16. The molecule has 8 heteroatoms. The van der Waals surface area contributed by atoms with Gasteiger partial charge in [0.15, 0.2) is 0 Å². The second-order valence-corrected chi connectivity index (χ2v) is 8.21. The van der Waals surface area contributed by atoms with Crippen molar-refractivity contribution in [1.29, 1.82) is 0 Å². The van der Waals surface area contributed by atoms with Crippen LogP contribution in [0.25, 0.3) is 0 Å². The van der Waals surface area contributed by atoms with Crippen LogP contribution in [-0.2, 0) is 9.59 Å². The van der Waals surface area contributed by atoms with Crippen molar-refractivity contribution in [3.8, 4) is 5.75 Å². The van der Waals surface area contributed by atoms with Crippen LogP contribution in [0.4, 0.5) is 5.69 Å². The van der Waals surface area contributed by atoms with Crippen molar-refractivity contribution < 1.29 is 14.3 Å². The molecule has 3 saturated heterocycles. The normalized spacial score (nSPS) is 28.8. The molecule has 3 aliphatic heterocycles. The van der Waals surface area contributed by atoms with Crippen LogP contribution >= 0.6 is 0 Å². The summed E-state index contributed by atoms with van der Waals surface area (Å²) in [5, 5.41) is 8.58. The lowest BCUT2D eigenvalue weighted by Gasteiger charge is -2.39. The molecule has 3 unspecified atom stereocenters. The maximum absolute atomic E-state index is 13.4. The highest BCUT2D eigenvalue weighted by molar-refractivity contribution is 6.00. The number of piperidine rings is 1. The first-order valence-electron chi connectivity index (χ1n) is 10.3. The van der Waals surface area contributed by atoms with E-state index in [1.165, 1.54) is 0 Å². The summed E-state index contributed by atoms with van der Waals surface area (Å²) >= 11 is 0. The van der Waals surface area contributed by atoms with Crippen LogP contribution < -0.4 is 9.64 Å². The Balaban J connectivity index is 1.28. The fourth-order valence-electron chi connectivity index (χ4n) is 5.21. The fraction of sp³-hybridized carbons (Fsp3) is 0.524. The number of benzene rings is 1. The third-order valence-electron chi connectivity index (χ3n) is 6.58. The fourth-order valence-corrected chi connectivity index (χ4v) is 5.21. The van der Waals surface area contributed by atoms with Gasteiger partial charge in [0.2, 0.25) is 11.8 Å². The summed E-state index contributed by atoms with van der Waals surface area (Å²) in [6.45, 7) is 0.448. The van der Waals surface area contributed by atoms with Gasteiger partial charge in [0.25, 0.3) is 0 Å². The number of fused-ring (bicyclic) bond motifs is 2. The van der Waals surface area contributed by atoms with Gasteiger partial charge in [0.05, 0.1) is 31.5 Å². The zero-order chi connectivity index (χ0) is 20.0. The highest BCUT2D eigenvalue weighted by Crippen LogP contribution is 2.42. The lowest BCUT2D eigenvalue weighted by atomic mass is 9.95. The summed E-state index contributed by atoms with van der Waals surface area (Å²) in [6.07, 6.45) is 7.52. The van der Waals surface area contributed by atoms with Crippen LogP contribution in [-0.4, -0.2) is 57.4 Å². The largest absolute Gasteiger partial charge is 0.497 e. The Labute approximate surface area is 169 Å². The van der Waals surface area contributed by atoms with Crippen molar-refractivity contribution in [2.24, 2.45) is 5.92 Å².